The van der Waals surface area contributed by atoms with E-state index in [4.69, 9.17) is 17.3 Å². The summed E-state index contributed by atoms with van der Waals surface area (Å²) in [5.41, 5.74) is 6.27. The Morgan fingerprint density at radius 2 is 1.83 bits per heavy atom. The van der Waals surface area contributed by atoms with Gasteiger partial charge in [-0.3, -0.25) is 0 Å². The first-order valence-electron chi connectivity index (χ1n) is 5.84. The highest BCUT2D eigenvalue weighted by molar-refractivity contribution is 7.89. The molecule has 1 aromatic carbocycles. The molecule has 18 heavy (non-hydrogen) atoms. The van der Waals surface area contributed by atoms with Gasteiger partial charge in [0.25, 0.3) is 0 Å². The van der Waals surface area contributed by atoms with E-state index >= 15 is 0 Å². The molecule has 0 heterocycles. The highest BCUT2D eigenvalue weighted by Gasteiger charge is 2.17. The largest absolute Gasteiger partial charge is 0.330 e. The molecule has 6 heteroatoms. The van der Waals surface area contributed by atoms with E-state index < -0.39 is 10.0 Å². The molecule has 0 saturated heterocycles. The van der Waals surface area contributed by atoms with Crippen LogP contribution in [0.1, 0.15) is 18.4 Å². The van der Waals surface area contributed by atoms with Gasteiger partial charge in [0.2, 0.25) is 10.0 Å². The lowest BCUT2D eigenvalue weighted by Gasteiger charge is -2.17. The van der Waals surface area contributed by atoms with Crippen LogP contribution in [0.3, 0.4) is 0 Å². The van der Waals surface area contributed by atoms with Crippen LogP contribution in [0, 0.1) is 0 Å². The van der Waals surface area contributed by atoms with Gasteiger partial charge in [0, 0.05) is 18.6 Å². The lowest BCUT2D eigenvalue weighted by atomic mass is 10.2. The van der Waals surface area contributed by atoms with Gasteiger partial charge >= 0.3 is 0 Å². The molecule has 0 aliphatic rings. The zero-order valence-electron chi connectivity index (χ0n) is 10.5. The monoisotopic (exact) mass is 290 g/mol. The number of hydrogen-bond donors (Lipinski definition) is 1. The van der Waals surface area contributed by atoms with E-state index in [1.54, 1.807) is 19.2 Å². The van der Waals surface area contributed by atoms with Crippen molar-refractivity contribution in [2.75, 3.05) is 19.3 Å². The molecule has 4 nitrogen and oxygen atoms in total. The Morgan fingerprint density at radius 3 is 2.39 bits per heavy atom. The topological polar surface area (TPSA) is 63.4 Å². The molecule has 0 aliphatic heterocycles. The van der Waals surface area contributed by atoms with Gasteiger partial charge in [-0.15, -0.1) is 0 Å². The predicted molar refractivity (Wildman–Crippen MR) is 75.0 cm³/mol. The average molecular weight is 291 g/mol. The number of nitrogens with zero attached hydrogens (tertiary/aromatic N) is 1. The predicted octanol–water partition coefficient (Wildman–Crippen LogP) is 1.84. The van der Waals surface area contributed by atoms with Gasteiger partial charge in [-0.25, -0.2) is 12.7 Å². The summed E-state index contributed by atoms with van der Waals surface area (Å²) in [5.74, 6) is 0.147. The van der Waals surface area contributed by atoms with Crippen molar-refractivity contribution in [2.45, 2.75) is 19.4 Å². The lowest BCUT2D eigenvalue weighted by molar-refractivity contribution is 0.465. The van der Waals surface area contributed by atoms with Crippen LogP contribution in [0.4, 0.5) is 0 Å². The van der Waals surface area contributed by atoms with Crippen molar-refractivity contribution in [2.24, 2.45) is 5.73 Å². The third-order valence-electron chi connectivity index (χ3n) is 2.65. The molecule has 1 rings (SSSR count). The number of halogens is 1. The van der Waals surface area contributed by atoms with Crippen molar-refractivity contribution in [3.63, 3.8) is 0 Å². The number of hydrogen-bond acceptors (Lipinski definition) is 3. The third-order valence-corrected chi connectivity index (χ3v) is 4.79. The second-order valence-corrected chi connectivity index (χ2v) is 6.83. The fourth-order valence-electron chi connectivity index (χ4n) is 1.53. The van der Waals surface area contributed by atoms with Crippen LogP contribution >= 0.6 is 11.6 Å². The highest BCUT2D eigenvalue weighted by atomic mass is 35.5. The Morgan fingerprint density at radius 1 is 1.22 bits per heavy atom. The van der Waals surface area contributed by atoms with Gasteiger partial charge in [0.1, 0.15) is 0 Å². The van der Waals surface area contributed by atoms with Crippen LogP contribution < -0.4 is 5.73 Å². The van der Waals surface area contributed by atoms with Crippen molar-refractivity contribution in [1.29, 1.82) is 0 Å². The van der Waals surface area contributed by atoms with E-state index in [-0.39, 0.29) is 5.75 Å². The van der Waals surface area contributed by atoms with Crippen LogP contribution in [0.15, 0.2) is 24.3 Å². The number of rotatable bonds is 7. The standard InChI is InChI=1S/C12H19ClN2O2S/c1-15(18(16,17)9-3-2-8-14)10-11-4-6-12(13)7-5-11/h4-7H,2-3,8-10,14H2,1H3. The first-order valence-corrected chi connectivity index (χ1v) is 7.83. The zero-order chi connectivity index (χ0) is 13.6. The molecule has 0 amide bonds. The average Bonchev–Trinajstić information content (AvgIpc) is 2.32. The minimum atomic E-state index is -3.20. The van der Waals surface area contributed by atoms with Crippen LogP contribution in [0.25, 0.3) is 0 Å². The summed E-state index contributed by atoms with van der Waals surface area (Å²) < 4.78 is 25.2. The van der Waals surface area contributed by atoms with Crippen molar-refractivity contribution < 1.29 is 8.42 Å². The summed E-state index contributed by atoms with van der Waals surface area (Å²) >= 11 is 5.78. The summed E-state index contributed by atoms with van der Waals surface area (Å²) in [5, 5.41) is 0.646. The summed E-state index contributed by atoms with van der Waals surface area (Å²) in [6, 6.07) is 7.17. The molecular weight excluding hydrogens is 272 g/mol. The number of benzene rings is 1. The Balaban J connectivity index is 2.58. The quantitative estimate of drug-likeness (QED) is 0.780. The summed E-state index contributed by atoms with van der Waals surface area (Å²) in [4.78, 5) is 0. The maximum absolute atomic E-state index is 11.9. The summed E-state index contributed by atoms with van der Waals surface area (Å²) in [7, 11) is -1.61. The Kier molecular flexibility index (Phi) is 6.08. The first-order chi connectivity index (χ1) is 8.45. The lowest BCUT2D eigenvalue weighted by Crippen LogP contribution is -2.29. The van der Waals surface area contributed by atoms with Gasteiger partial charge in [-0.05, 0) is 37.1 Å². The molecule has 2 N–H and O–H groups in total. The van der Waals surface area contributed by atoms with E-state index in [2.05, 4.69) is 0 Å². The third kappa shape index (κ3) is 4.94. The molecule has 0 spiro atoms. The second-order valence-electron chi connectivity index (χ2n) is 4.19. The van der Waals surface area contributed by atoms with Gasteiger partial charge in [-0.1, -0.05) is 23.7 Å². The smallest absolute Gasteiger partial charge is 0.214 e. The van der Waals surface area contributed by atoms with Gasteiger partial charge < -0.3 is 5.73 Å². The molecule has 0 fully saturated rings. The molecule has 0 atom stereocenters. The van der Waals surface area contributed by atoms with E-state index in [9.17, 15) is 8.42 Å². The molecule has 0 aliphatic carbocycles. The second kappa shape index (κ2) is 7.09. The Hall–Kier alpha value is -0.620. The highest BCUT2D eigenvalue weighted by Crippen LogP contribution is 2.13. The number of nitrogens with two attached hydrogens (primary N) is 1. The fraction of sp³-hybridized carbons (Fsp3) is 0.500. The van der Waals surface area contributed by atoms with Gasteiger partial charge in [-0.2, -0.15) is 0 Å². The minimum Gasteiger partial charge on any atom is -0.330 e. The van der Waals surface area contributed by atoms with Gasteiger partial charge in [0.05, 0.1) is 5.75 Å². The van der Waals surface area contributed by atoms with Gasteiger partial charge in [0.15, 0.2) is 0 Å². The maximum Gasteiger partial charge on any atom is 0.214 e. The zero-order valence-corrected chi connectivity index (χ0v) is 12.0. The number of unbranched alkanes of at least 4 members (excludes halogenated alkanes) is 1. The van der Waals surface area contributed by atoms with Crippen molar-refractivity contribution in [3.8, 4) is 0 Å². The summed E-state index contributed by atoms with van der Waals surface area (Å²) in [6.07, 6.45) is 1.33. The van der Waals surface area contributed by atoms with E-state index in [1.165, 1.54) is 4.31 Å². The SMILES string of the molecule is CN(Cc1ccc(Cl)cc1)S(=O)(=O)CCCCN. The van der Waals surface area contributed by atoms with Crippen molar-refractivity contribution in [3.05, 3.63) is 34.9 Å². The van der Waals surface area contributed by atoms with E-state index in [1.807, 2.05) is 12.1 Å². The van der Waals surface area contributed by atoms with Crippen LogP contribution in [-0.2, 0) is 16.6 Å². The van der Waals surface area contributed by atoms with Crippen LogP contribution in [-0.4, -0.2) is 32.1 Å². The molecule has 102 valence electrons. The Labute approximate surface area is 114 Å². The fourth-order valence-corrected chi connectivity index (χ4v) is 2.88. The van der Waals surface area contributed by atoms with Crippen LogP contribution in [0.5, 0.6) is 0 Å². The molecule has 1 aromatic rings. The number of sulfonamides is 1. The first kappa shape index (κ1) is 15.4. The maximum atomic E-state index is 11.9. The molecule has 0 unspecified atom stereocenters. The molecule has 0 bridgehead atoms. The molecule has 0 saturated carbocycles. The minimum absolute atomic E-state index is 0.147. The van der Waals surface area contributed by atoms with E-state index in [0.717, 1.165) is 12.0 Å². The molecule has 0 radical (unpaired) electrons. The van der Waals surface area contributed by atoms with E-state index in [0.29, 0.717) is 24.5 Å². The van der Waals surface area contributed by atoms with Crippen molar-refractivity contribution in [1.82, 2.24) is 4.31 Å². The molecular formula is C12H19ClN2O2S. The van der Waals surface area contributed by atoms with Crippen LogP contribution in [0.2, 0.25) is 5.02 Å². The van der Waals surface area contributed by atoms with Crippen molar-refractivity contribution >= 4 is 21.6 Å². The summed E-state index contributed by atoms with van der Waals surface area (Å²) in [6.45, 7) is 0.887. The molecule has 0 aromatic heterocycles. The Bertz CT molecular complexity index is 459. The normalized spacial score (nSPS) is 12.0.